The Hall–Kier alpha value is -1.42. The molecule has 0 saturated heterocycles. The monoisotopic (exact) mass is 356 g/mol. The van der Waals surface area contributed by atoms with Gasteiger partial charge in [-0.2, -0.15) is 0 Å². The first-order chi connectivity index (χ1) is 12.9. The summed E-state index contributed by atoms with van der Waals surface area (Å²) < 4.78 is 5.79. The fourth-order valence-corrected chi connectivity index (χ4v) is 3.31. The average molecular weight is 357 g/mol. The van der Waals surface area contributed by atoms with Crippen LogP contribution in [0.3, 0.4) is 0 Å². The molecule has 0 aliphatic heterocycles. The standard InChI is InChI=1S/C25H40O/c1-3-5-6-7-8-9-10-11-12-13-14-15-16-17-23-26-25-21-19-24(18-4-2)20-22-25/h2,19-22H,3,5-18,23H2,1H3. The van der Waals surface area contributed by atoms with E-state index in [4.69, 9.17) is 11.2 Å². The Bertz CT molecular complexity index is 454. The third-order valence-electron chi connectivity index (χ3n) is 5.00. The van der Waals surface area contributed by atoms with E-state index < -0.39 is 0 Å². The molecule has 0 aliphatic rings. The molecule has 0 saturated carbocycles. The lowest BCUT2D eigenvalue weighted by Crippen LogP contribution is -1.97. The summed E-state index contributed by atoms with van der Waals surface area (Å²) in [6.07, 6.45) is 25.5. The molecule has 26 heavy (non-hydrogen) atoms. The van der Waals surface area contributed by atoms with Crippen LogP contribution in [0.5, 0.6) is 5.75 Å². The molecule has 0 bridgehead atoms. The van der Waals surface area contributed by atoms with Crippen LogP contribution in [0.2, 0.25) is 0 Å². The van der Waals surface area contributed by atoms with Gasteiger partial charge in [0.15, 0.2) is 0 Å². The molecule has 0 heterocycles. The van der Waals surface area contributed by atoms with Crippen LogP contribution in [0, 0.1) is 12.3 Å². The molecule has 146 valence electrons. The highest BCUT2D eigenvalue weighted by Gasteiger charge is 1.96. The maximum absolute atomic E-state index is 5.79. The fraction of sp³-hybridized carbons (Fsp3) is 0.680. The number of ether oxygens (including phenoxy) is 1. The zero-order valence-corrected chi connectivity index (χ0v) is 17.1. The Morgan fingerprint density at radius 1 is 0.692 bits per heavy atom. The van der Waals surface area contributed by atoms with Crippen molar-refractivity contribution in [3.05, 3.63) is 29.8 Å². The number of hydrogen-bond donors (Lipinski definition) is 0. The molecule has 1 aromatic rings. The van der Waals surface area contributed by atoms with Crippen LogP contribution in [-0.2, 0) is 6.42 Å². The van der Waals surface area contributed by atoms with Crippen molar-refractivity contribution >= 4 is 0 Å². The normalized spacial score (nSPS) is 10.6. The molecule has 0 aromatic heterocycles. The quantitative estimate of drug-likeness (QED) is 0.205. The van der Waals surface area contributed by atoms with Gasteiger partial charge in [-0.15, -0.1) is 12.3 Å². The van der Waals surface area contributed by atoms with E-state index in [1.165, 1.54) is 89.0 Å². The number of benzene rings is 1. The third kappa shape index (κ3) is 12.9. The third-order valence-corrected chi connectivity index (χ3v) is 5.00. The van der Waals surface area contributed by atoms with E-state index in [0.29, 0.717) is 6.42 Å². The van der Waals surface area contributed by atoms with Gasteiger partial charge in [0, 0.05) is 6.42 Å². The van der Waals surface area contributed by atoms with Crippen molar-refractivity contribution in [3.63, 3.8) is 0 Å². The molecule has 1 heteroatoms. The van der Waals surface area contributed by atoms with Gasteiger partial charge < -0.3 is 4.74 Å². The molecule has 1 aromatic carbocycles. The molecular formula is C25H40O. The van der Waals surface area contributed by atoms with Gasteiger partial charge in [-0.25, -0.2) is 0 Å². The van der Waals surface area contributed by atoms with Crippen molar-refractivity contribution < 1.29 is 4.74 Å². The number of terminal acetylenes is 1. The summed E-state index contributed by atoms with van der Waals surface area (Å²) in [5.41, 5.74) is 1.18. The van der Waals surface area contributed by atoms with E-state index in [2.05, 4.69) is 25.0 Å². The smallest absolute Gasteiger partial charge is 0.119 e. The summed E-state index contributed by atoms with van der Waals surface area (Å²) in [6, 6.07) is 8.16. The Morgan fingerprint density at radius 3 is 1.62 bits per heavy atom. The second-order valence-corrected chi connectivity index (χ2v) is 7.47. The zero-order valence-electron chi connectivity index (χ0n) is 17.1. The van der Waals surface area contributed by atoms with E-state index >= 15 is 0 Å². The number of rotatable bonds is 17. The van der Waals surface area contributed by atoms with Crippen LogP contribution in [0.15, 0.2) is 24.3 Å². The van der Waals surface area contributed by atoms with E-state index in [9.17, 15) is 0 Å². The molecule has 0 aliphatic carbocycles. The minimum atomic E-state index is 0.694. The van der Waals surface area contributed by atoms with Crippen molar-refractivity contribution in [2.45, 2.75) is 103 Å². The van der Waals surface area contributed by atoms with Gasteiger partial charge in [-0.3, -0.25) is 0 Å². The maximum Gasteiger partial charge on any atom is 0.119 e. The van der Waals surface area contributed by atoms with Gasteiger partial charge in [0.1, 0.15) is 5.75 Å². The second-order valence-electron chi connectivity index (χ2n) is 7.47. The fourth-order valence-electron chi connectivity index (χ4n) is 3.31. The summed E-state index contributed by atoms with van der Waals surface area (Å²) in [5, 5.41) is 0. The lowest BCUT2D eigenvalue weighted by atomic mass is 10.0. The first-order valence-corrected chi connectivity index (χ1v) is 11.0. The molecule has 0 N–H and O–H groups in total. The maximum atomic E-state index is 5.79. The Kier molecular flexibility index (Phi) is 14.8. The summed E-state index contributed by atoms with van der Waals surface area (Å²) in [6.45, 7) is 3.11. The number of unbranched alkanes of at least 4 members (excludes halogenated alkanes) is 13. The summed E-state index contributed by atoms with van der Waals surface area (Å²) in [4.78, 5) is 0. The van der Waals surface area contributed by atoms with Crippen LogP contribution in [0.4, 0.5) is 0 Å². The van der Waals surface area contributed by atoms with Crippen molar-refractivity contribution in [1.82, 2.24) is 0 Å². The average Bonchev–Trinajstić information content (AvgIpc) is 2.66. The van der Waals surface area contributed by atoms with Crippen molar-refractivity contribution in [3.8, 4) is 18.1 Å². The highest BCUT2D eigenvalue weighted by molar-refractivity contribution is 5.29. The lowest BCUT2D eigenvalue weighted by Gasteiger charge is -2.07. The van der Waals surface area contributed by atoms with E-state index in [0.717, 1.165) is 18.8 Å². The van der Waals surface area contributed by atoms with Gasteiger partial charge >= 0.3 is 0 Å². The molecule has 0 atom stereocenters. The zero-order chi connectivity index (χ0) is 18.7. The minimum absolute atomic E-state index is 0.694. The molecule has 0 fully saturated rings. The highest BCUT2D eigenvalue weighted by atomic mass is 16.5. The van der Waals surface area contributed by atoms with Gasteiger partial charge in [0.05, 0.1) is 6.61 Å². The Balaban J connectivity index is 1.81. The van der Waals surface area contributed by atoms with E-state index in [1.807, 2.05) is 12.1 Å². The van der Waals surface area contributed by atoms with Crippen LogP contribution in [0.25, 0.3) is 0 Å². The minimum Gasteiger partial charge on any atom is -0.494 e. The van der Waals surface area contributed by atoms with Crippen molar-refractivity contribution in [2.75, 3.05) is 6.61 Å². The summed E-state index contributed by atoms with van der Waals surface area (Å²) >= 11 is 0. The second kappa shape index (κ2) is 17.0. The van der Waals surface area contributed by atoms with Crippen LogP contribution >= 0.6 is 0 Å². The molecular weight excluding hydrogens is 316 g/mol. The number of hydrogen-bond acceptors (Lipinski definition) is 1. The van der Waals surface area contributed by atoms with Gasteiger partial charge in [0.25, 0.3) is 0 Å². The predicted molar refractivity (Wildman–Crippen MR) is 115 cm³/mol. The highest BCUT2D eigenvalue weighted by Crippen LogP contribution is 2.15. The Morgan fingerprint density at radius 2 is 1.15 bits per heavy atom. The summed E-state index contributed by atoms with van der Waals surface area (Å²) in [5.74, 6) is 3.62. The molecule has 0 amide bonds. The lowest BCUT2D eigenvalue weighted by molar-refractivity contribution is 0.304. The van der Waals surface area contributed by atoms with Gasteiger partial charge in [0.2, 0.25) is 0 Å². The first-order valence-electron chi connectivity index (χ1n) is 11.0. The van der Waals surface area contributed by atoms with Crippen LogP contribution in [-0.4, -0.2) is 6.61 Å². The van der Waals surface area contributed by atoms with Gasteiger partial charge in [-0.05, 0) is 24.1 Å². The van der Waals surface area contributed by atoms with Crippen molar-refractivity contribution in [2.24, 2.45) is 0 Å². The summed E-state index contributed by atoms with van der Waals surface area (Å²) in [7, 11) is 0. The molecule has 1 rings (SSSR count). The van der Waals surface area contributed by atoms with E-state index in [-0.39, 0.29) is 0 Å². The molecule has 0 spiro atoms. The van der Waals surface area contributed by atoms with Crippen LogP contribution in [0.1, 0.15) is 102 Å². The SMILES string of the molecule is C#CCc1ccc(OCCCCCCCCCCCCCCCC)cc1. The van der Waals surface area contributed by atoms with Gasteiger partial charge in [-0.1, -0.05) is 103 Å². The van der Waals surface area contributed by atoms with E-state index in [1.54, 1.807) is 0 Å². The predicted octanol–water partition coefficient (Wildman–Crippen LogP) is 7.72. The topological polar surface area (TPSA) is 9.23 Å². The first kappa shape index (κ1) is 22.6. The molecule has 1 nitrogen and oxygen atoms in total. The molecule has 0 unspecified atom stereocenters. The Labute approximate surface area is 162 Å². The van der Waals surface area contributed by atoms with Crippen LogP contribution < -0.4 is 4.74 Å². The largest absolute Gasteiger partial charge is 0.494 e. The molecule has 0 radical (unpaired) electrons. The van der Waals surface area contributed by atoms with Crippen molar-refractivity contribution in [1.29, 1.82) is 0 Å².